The molecule has 0 bridgehead atoms. The Kier molecular flexibility index (Phi) is 4.21. The number of ether oxygens (including phenoxy) is 2. The summed E-state index contributed by atoms with van der Waals surface area (Å²) in [5.41, 5.74) is -0.675. The third-order valence-corrected chi connectivity index (χ3v) is 1.94. The fourth-order valence-corrected chi connectivity index (χ4v) is 1.13. The molecule has 0 fully saturated rings. The molecular formula is C11H11NO5. The summed E-state index contributed by atoms with van der Waals surface area (Å²) >= 11 is 0. The van der Waals surface area contributed by atoms with E-state index in [1.165, 1.54) is 12.4 Å². The molecule has 1 aromatic heterocycles. The molecule has 90 valence electrons. The second-order valence-electron chi connectivity index (χ2n) is 2.95. The number of carbonyl (C=O) groups excluding carboxylic acids is 2. The molecule has 0 spiro atoms. The average Bonchev–Trinajstić information content (AvgIpc) is 2.39. The van der Waals surface area contributed by atoms with Crippen LogP contribution in [0.1, 0.15) is 0 Å². The Bertz CT molecular complexity index is 434. The summed E-state index contributed by atoms with van der Waals surface area (Å²) in [6.07, 6.45) is 2.82. The number of rotatable bonds is 3. The average molecular weight is 237 g/mol. The van der Waals surface area contributed by atoms with Crippen LogP contribution in [0.4, 0.5) is 0 Å². The van der Waals surface area contributed by atoms with Crippen LogP contribution in [0.25, 0.3) is 5.88 Å². The molecule has 0 aliphatic carbocycles. The zero-order chi connectivity index (χ0) is 12.8. The first-order chi connectivity index (χ1) is 8.11. The van der Waals surface area contributed by atoms with Gasteiger partial charge in [0.2, 0.25) is 5.57 Å². The van der Waals surface area contributed by atoms with Gasteiger partial charge >= 0.3 is 11.9 Å². The summed E-state index contributed by atoms with van der Waals surface area (Å²) in [6, 6.07) is 4.87. The maximum Gasteiger partial charge on any atom is 0.350 e. The minimum Gasteiger partial charge on any atom is -0.822 e. The minimum atomic E-state index is -1.03. The predicted molar refractivity (Wildman–Crippen MR) is 53.9 cm³/mol. The number of carbonyl (C=O) groups is 2. The normalized spacial score (nSPS) is 9.29. The quantitative estimate of drug-likeness (QED) is 0.166. The number of nitrogens with zero attached hydrogens (tertiary/aromatic N) is 1. The van der Waals surface area contributed by atoms with Gasteiger partial charge in [0.25, 0.3) is 0 Å². The number of hydrogen-bond acceptors (Lipinski definition) is 5. The summed E-state index contributed by atoms with van der Waals surface area (Å²) in [4.78, 5) is 22.7. The van der Waals surface area contributed by atoms with Crippen molar-refractivity contribution < 1.29 is 28.7 Å². The second kappa shape index (κ2) is 5.64. The number of hydrogen-bond donors (Lipinski definition) is 0. The fraction of sp³-hybridized carbons (Fsp3) is 0.182. The molecule has 0 radical (unpaired) electrons. The van der Waals surface area contributed by atoms with Crippen LogP contribution in [-0.2, 0) is 19.1 Å². The third-order valence-electron chi connectivity index (χ3n) is 1.94. The van der Waals surface area contributed by atoms with Crippen LogP contribution in [0, 0.1) is 0 Å². The summed E-state index contributed by atoms with van der Waals surface area (Å²) in [5, 5.41) is 11.9. The maximum absolute atomic E-state index is 11.9. The van der Waals surface area contributed by atoms with Gasteiger partial charge in [0.1, 0.15) is 0 Å². The maximum atomic E-state index is 11.9. The van der Waals surface area contributed by atoms with Crippen LogP contribution in [-0.4, -0.2) is 26.2 Å². The van der Waals surface area contributed by atoms with Gasteiger partial charge in [-0.2, -0.15) is 4.57 Å². The van der Waals surface area contributed by atoms with Gasteiger partial charge in [-0.05, 0) is 0 Å². The lowest BCUT2D eigenvalue weighted by Gasteiger charge is -2.09. The van der Waals surface area contributed by atoms with E-state index in [-0.39, 0.29) is 0 Å². The molecule has 17 heavy (non-hydrogen) atoms. The van der Waals surface area contributed by atoms with E-state index in [0.29, 0.717) is 0 Å². The first kappa shape index (κ1) is 12.7. The molecule has 1 rings (SSSR count). The molecule has 0 saturated heterocycles. The van der Waals surface area contributed by atoms with E-state index in [1.807, 2.05) is 0 Å². The van der Waals surface area contributed by atoms with E-state index in [0.717, 1.165) is 18.8 Å². The van der Waals surface area contributed by atoms with Gasteiger partial charge in [0.05, 0.1) is 14.2 Å². The van der Waals surface area contributed by atoms with E-state index >= 15 is 0 Å². The van der Waals surface area contributed by atoms with Gasteiger partial charge in [-0.15, -0.1) is 0 Å². The van der Waals surface area contributed by atoms with Crippen molar-refractivity contribution in [1.82, 2.24) is 0 Å². The molecule has 1 aromatic rings. The predicted octanol–water partition coefficient (Wildman–Crippen LogP) is -1.15. The molecule has 1 heterocycles. The van der Waals surface area contributed by atoms with E-state index in [4.69, 9.17) is 0 Å². The lowest BCUT2D eigenvalue weighted by molar-refractivity contribution is -0.652. The van der Waals surface area contributed by atoms with Crippen molar-refractivity contribution in [2.24, 2.45) is 0 Å². The summed E-state index contributed by atoms with van der Waals surface area (Å²) in [6.45, 7) is 0. The standard InChI is InChI=1S/C11H11NO5/c1-16-10(14)8(11(15)17-2)9(13)12-6-4-3-5-7-12/h3-7H,1-2H3. The number of methoxy groups -OCH3 is 2. The number of esters is 2. The highest BCUT2D eigenvalue weighted by molar-refractivity contribution is 6.16. The lowest BCUT2D eigenvalue weighted by atomic mass is 10.2. The zero-order valence-corrected chi connectivity index (χ0v) is 9.38. The molecule has 0 unspecified atom stereocenters. The van der Waals surface area contributed by atoms with Gasteiger partial charge in [-0.3, -0.25) is 0 Å². The highest BCUT2D eigenvalue weighted by Crippen LogP contribution is 2.04. The van der Waals surface area contributed by atoms with E-state index in [2.05, 4.69) is 9.47 Å². The molecule has 0 aliphatic heterocycles. The Labute approximate surface area is 97.7 Å². The highest BCUT2D eigenvalue weighted by atomic mass is 16.5. The lowest BCUT2D eigenvalue weighted by Crippen LogP contribution is -2.41. The molecule has 0 amide bonds. The topological polar surface area (TPSA) is 79.5 Å². The Hall–Kier alpha value is -2.37. The Morgan fingerprint density at radius 1 is 1.00 bits per heavy atom. The van der Waals surface area contributed by atoms with Crippen LogP contribution in [0.5, 0.6) is 0 Å². The van der Waals surface area contributed by atoms with Crippen LogP contribution < -0.4 is 9.67 Å². The zero-order valence-electron chi connectivity index (χ0n) is 9.38. The van der Waals surface area contributed by atoms with Gasteiger partial charge in [0.15, 0.2) is 18.3 Å². The van der Waals surface area contributed by atoms with Gasteiger partial charge in [-0.25, -0.2) is 9.59 Å². The SMILES string of the molecule is COC(=O)C(C(=O)OC)=C([O-])[n+]1ccccc1. The molecule has 0 N–H and O–H groups in total. The minimum absolute atomic E-state index is 0.675. The van der Waals surface area contributed by atoms with E-state index < -0.39 is 23.4 Å². The Morgan fingerprint density at radius 3 is 1.88 bits per heavy atom. The molecule has 0 atom stereocenters. The van der Waals surface area contributed by atoms with E-state index in [1.54, 1.807) is 18.2 Å². The van der Waals surface area contributed by atoms with Gasteiger partial charge in [-0.1, -0.05) is 6.07 Å². The van der Waals surface area contributed by atoms with Crippen molar-refractivity contribution in [2.75, 3.05) is 14.2 Å². The molecule has 0 saturated carbocycles. The Balaban J connectivity index is 3.29. The molecule has 0 aliphatic rings. The molecule has 0 aromatic carbocycles. The smallest absolute Gasteiger partial charge is 0.350 e. The van der Waals surface area contributed by atoms with Crippen molar-refractivity contribution >= 4 is 17.8 Å². The van der Waals surface area contributed by atoms with Crippen molar-refractivity contribution in [3.63, 3.8) is 0 Å². The Morgan fingerprint density at radius 2 is 1.47 bits per heavy atom. The second-order valence-corrected chi connectivity index (χ2v) is 2.95. The van der Waals surface area contributed by atoms with Gasteiger partial charge in [0, 0.05) is 12.1 Å². The highest BCUT2D eigenvalue weighted by Gasteiger charge is 2.25. The number of aromatic nitrogens is 1. The fourth-order valence-electron chi connectivity index (χ4n) is 1.13. The summed E-state index contributed by atoms with van der Waals surface area (Å²) in [5.74, 6) is -2.86. The molecular weight excluding hydrogens is 226 g/mol. The van der Waals surface area contributed by atoms with Crippen molar-refractivity contribution in [3.05, 3.63) is 36.2 Å². The summed E-state index contributed by atoms with van der Waals surface area (Å²) < 4.78 is 9.82. The largest absolute Gasteiger partial charge is 0.822 e. The van der Waals surface area contributed by atoms with Crippen molar-refractivity contribution in [2.45, 2.75) is 0 Å². The first-order valence-corrected chi connectivity index (χ1v) is 4.66. The third kappa shape index (κ3) is 2.81. The van der Waals surface area contributed by atoms with Crippen LogP contribution in [0.15, 0.2) is 36.2 Å². The van der Waals surface area contributed by atoms with Crippen molar-refractivity contribution in [1.29, 1.82) is 0 Å². The van der Waals surface area contributed by atoms with Crippen LogP contribution in [0.3, 0.4) is 0 Å². The van der Waals surface area contributed by atoms with E-state index in [9.17, 15) is 14.7 Å². The van der Waals surface area contributed by atoms with Crippen molar-refractivity contribution in [3.8, 4) is 0 Å². The molecule has 6 heteroatoms. The summed E-state index contributed by atoms with van der Waals surface area (Å²) in [7, 11) is 2.16. The van der Waals surface area contributed by atoms with Crippen LogP contribution >= 0.6 is 0 Å². The van der Waals surface area contributed by atoms with Gasteiger partial charge < -0.3 is 14.6 Å². The molecule has 6 nitrogen and oxygen atoms in total. The number of pyridine rings is 1. The first-order valence-electron chi connectivity index (χ1n) is 4.66. The monoisotopic (exact) mass is 237 g/mol. The van der Waals surface area contributed by atoms with Crippen LogP contribution in [0.2, 0.25) is 0 Å².